The molecule has 2 fully saturated rings. The minimum atomic E-state index is -4.16. The standard InChI is InChI=1S/C21H34F3N7.HI/c1-3-25-20(28-18-7-8-30(15-18)16-21(22,23)24)27-14-17-5-6-19(26-13-17)31-11-9-29(4-2)10-12-31;/h5-6,13,18H,3-4,7-12,14-16H2,1-2H3,(H2,25,27,28);1H. The molecule has 7 nitrogen and oxygen atoms in total. The van der Waals surface area contributed by atoms with E-state index in [4.69, 9.17) is 0 Å². The molecule has 0 radical (unpaired) electrons. The molecule has 1 aromatic heterocycles. The average molecular weight is 569 g/mol. The van der Waals surface area contributed by atoms with Crippen LogP contribution in [0.25, 0.3) is 0 Å². The molecule has 0 aromatic carbocycles. The number of guanidine groups is 1. The second-order valence-electron chi connectivity index (χ2n) is 8.12. The molecule has 1 aromatic rings. The van der Waals surface area contributed by atoms with Gasteiger partial charge in [0, 0.05) is 58.1 Å². The highest BCUT2D eigenvalue weighted by Crippen LogP contribution is 2.20. The van der Waals surface area contributed by atoms with Crippen molar-refractivity contribution in [2.45, 2.75) is 39.0 Å². The van der Waals surface area contributed by atoms with Crippen molar-refractivity contribution < 1.29 is 13.2 Å². The molecule has 2 aliphatic rings. The van der Waals surface area contributed by atoms with Crippen molar-refractivity contribution in [1.82, 2.24) is 25.4 Å². The summed E-state index contributed by atoms with van der Waals surface area (Å²) in [6.07, 6.45) is -1.63. The summed E-state index contributed by atoms with van der Waals surface area (Å²) in [6, 6.07) is 4.04. The summed E-state index contributed by atoms with van der Waals surface area (Å²) in [5, 5.41) is 6.45. The van der Waals surface area contributed by atoms with Crippen molar-refractivity contribution in [3.05, 3.63) is 23.9 Å². The number of nitrogens with one attached hydrogen (secondary N) is 2. The van der Waals surface area contributed by atoms with E-state index >= 15 is 0 Å². The van der Waals surface area contributed by atoms with Gasteiger partial charge in [0.25, 0.3) is 0 Å². The molecular weight excluding hydrogens is 534 g/mol. The molecule has 0 bridgehead atoms. The Morgan fingerprint density at radius 2 is 1.88 bits per heavy atom. The lowest BCUT2D eigenvalue weighted by atomic mass is 10.2. The normalized spacial score (nSPS) is 20.8. The van der Waals surface area contributed by atoms with E-state index < -0.39 is 12.7 Å². The van der Waals surface area contributed by atoms with E-state index in [1.165, 1.54) is 4.90 Å². The Labute approximate surface area is 205 Å². The number of likely N-dealkylation sites (N-methyl/N-ethyl adjacent to an activating group) is 1. The smallest absolute Gasteiger partial charge is 0.357 e. The first-order chi connectivity index (χ1) is 14.9. The van der Waals surface area contributed by atoms with Gasteiger partial charge in [-0.05, 0) is 31.5 Å². The van der Waals surface area contributed by atoms with Gasteiger partial charge in [0.2, 0.25) is 0 Å². The average Bonchev–Trinajstić information content (AvgIpc) is 3.17. The van der Waals surface area contributed by atoms with E-state index in [-0.39, 0.29) is 30.0 Å². The van der Waals surface area contributed by atoms with Crippen LogP contribution < -0.4 is 15.5 Å². The summed E-state index contributed by atoms with van der Waals surface area (Å²) in [6.45, 7) is 10.4. The van der Waals surface area contributed by atoms with Crippen LogP contribution in [-0.4, -0.2) is 91.9 Å². The maximum atomic E-state index is 12.6. The maximum absolute atomic E-state index is 12.6. The molecule has 2 saturated heterocycles. The molecule has 2 aliphatic heterocycles. The monoisotopic (exact) mass is 569 g/mol. The summed E-state index contributed by atoms with van der Waals surface area (Å²) in [5.74, 6) is 1.62. The summed E-state index contributed by atoms with van der Waals surface area (Å²) in [5.41, 5.74) is 0.998. The third-order valence-electron chi connectivity index (χ3n) is 5.73. The predicted octanol–water partition coefficient (Wildman–Crippen LogP) is 2.53. The Hall–Kier alpha value is -1.34. The van der Waals surface area contributed by atoms with Gasteiger partial charge in [-0.2, -0.15) is 13.2 Å². The summed E-state index contributed by atoms with van der Waals surface area (Å²) in [7, 11) is 0. The molecule has 1 atom stereocenters. The largest absolute Gasteiger partial charge is 0.401 e. The van der Waals surface area contributed by atoms with Crippen molar-refractivity contribution in [2.24, 2.45) is 4.99 Å². The number of rotatable bonds is 7. The van der Waals surface area contributed by atoms with Crippen LogP contribution in [0.5, 0.6) is 0 Å². The van der Waals surface area contributed by atoms with Crippen molar-refractivity contribution >= 4 is 35.8 Å². The first-order valence-corrected chi connectivity index (χ1v) is 11.1. The van der Waals surface area contributed by atoms with Gasteiger partial charge in [-0.25, -0.2) is 9.98 Å². The second-order valence-corrected chi connectivity index (χ2v) is 8.12. The molecule has 11 heteroatoms. The number of aliphatic imine (C=N–C) groups is 1. The maximum Gasteiger partial charge on any atom is 0.401 e. The lowest BCUT2D eigenvalue weighted by Crippen LogP contribution is -2.46. The van der Waals surface area contributed by atoms with Gasteiger partial charge < -0.3 is 20.4 Å². The zero-order chi connectivity index (χ0) is 22.3. The molecule has 32 heavy (non-hydrogen) atoms. The summed E-state index contributed by atoms with van der Waals surface area (Å²) < 4.78 is 37.8. The van der Waals surface area contributed by atoms with Crippen LogP contribution in [0.2, 0.25) is 0 Å². The van der Waals surface area contributed by atoms with Crippen LogP contribution in [0.4, 0.5) is 19.0 Å². The van der Waals surface area contributed by atoms with Crippen molar-refractivity contribution in [3.63, 3.8) is 0 Å². The van der Waals surface area contributed by atoms with Crippen LogP contribution in [0.1, 0.15) is 25.8 Å². The minimum Gasteiger partial charge on any atom is -0.357 e. The summed E-state index contributed by atoms with van der Waals surface area (Å²) >= 11 is 0. The van der Waals surface area contributed by atoms with Crippen molar-refractivity contribution in [2.75, 3.05) is 63.8 Å². The van der Waals surface area contributed by atoms with E-state index in [2.05, 4.69) is 37.3 Å². The van der Waals surface area contributed by atoms with Crippen LogP contribution in [0.3, 0.4) is 0 Å². The lowest BCUT2D eigenvalue weighted by molar-refractivity contribution is -0.143. The van der Waals surface area contributed by atoms with Gasteiger partial charge in [-0.3, -0.25) is 4.90 Å². The van der Waals surface area contributed by atoms with Gasteiger partial charge in [-0.1, -0.05) is 13.0 Å². The van der Waals surface area contributed by atoms with E-state index in [1.807, 2.05) is 25.3 Å². The number of likely N-dealkylation sites (tertiary alicyclic amines) is 1. The van der Waals surface area contributed by atoms with Crippen molar-refractivity contribution in [1.29, 1.82) is 0 Å². The highest BCUT2D eigenvalue weighted by Gasteiger charge is 2.34. The molecule has 1 unspecified atom stereocenters. The Bertz CT molecular complexity index is 706. The van der Waals surface area contributed by atoms with E-state index in [0.717, 1.165) is 44.1 Å². The number of halogens is 4. The van der Waals surface area contributed by atoms with Gasteiger partial charge in [0.15, 0.2) is 5.96 Å². The Kier molecular flexibility index (Phi) is 10.7. The van der Waals surface area contributed by atoms with Gasteiger partial charge in [-0.15, -0.1) is 24.0 Å². The minimum absolute atomic E-state index is 0. The Morgan fingerprint density at radius 3 is 2.47 bits per heavy atom. The highest BCUT2D eigenvalue weighted by molar-refractivity contribution is 14.0. The Morgan fingerprint density at radius 1 is 1.12 bits per heavy atom. The van der Waals surface area contributed by atoms with E-state index in [1.54, 1.807) is 0 Å². The molecule has 2 N–H and O–H groups in total. The highest BCUT2D eigenvalue weighted by atomic mass is 127. The number of nitrogens with zero attached hydrogens (tertiary/aromatic N) is 5. The van der Waals surface area contributed by atoms with E-state index in [0.29, 0.717) is 38.6 Å². The third-order valence-corrected chi connectivity index (χ3v) is 5.73. The molecule has 0 amide bonds. The fourth-order valence-corrected chi connectivity index (χ4v) is 4.02. The lowest BCUT2D eigenvalue weighted by Gasteiger charge is -2.34. The number of anilines is 1. The van der Waals surface area contributed by atoms with E-state index in [9.17, 15) is 13.2 Å². The number of hydrogen-bond donors (Lipinski definition) is 2. The van der Waals surface area contributed by atoms with Crippen molar-refractivity contribution in [3.8, 4) is 0 Å². The third kappa shape index (κ3) is 8.54. The summed E-state index contributed by atoms with van der Waals surface area (Å²) in [4.78, 5) is 15.4. The molecule has 0 aliphatic carbocycles. The fraction of sp³-hybridized carbons (Fsp3) is 0.714. The zero-order valence-electron chi connectivity index (χ0n) is 18.9. The number of hydrogen-bond acceptors (Lipinski definition) is 5. The molecule has 3 rings (SSSR count). The first-order valence-electron chi connectivity index (χ1n) is 11.1. The number of piperazine rings is 1. The molecule has 0 saturated carbocycles. The predicted molar refractivity (Wildman–Crippen MR) is 133 cm³/mol. The number of pyridine rings is 1. The first kappa shape index (κ1) is 26.9. The van der Waals surface area contributed by atoms with Crippen LogP contribution >= 0.6 is 24.0 Å². The second kappa shape index (κ2) is 12.8. The Balaban J connectivity index is 0.00000363. The van der Waals surface area contributed by atoms with Gasteiger partial charge >= 0.3 is 6.18 Å². The quantitative estimate of drug-likeness (QED) is 0.299. The van der Waals surface area contributed by atoms with Crippen LogP contribution in [0, 0.1) is 0 Å². The SMILES string of the molecule is CCNC(=NCc1ccc(N2CCN(CC)CC2)nc1)NC1CCN(CC(F)(F)F)C1.I. The topological polar surface area (TPSA) is 59.0 Å². The molecular formula is C21H35F3IN7. The molecule has 0 spiro atoms. The van der Waals surface area contributed by atoms with Crippen LogP contribution in [-0.2, 0) is 6.54 Å². The zero-order valence-corrected chi connectivity index (χ0v) is 21.2. The van der Waals surface area contributed by atoms with Gasteiger partial charge in [0.05, 0.1) is 13.1 Å². The molecule has 3 heterocycles. The number of aromatic nitrogens is 1. The van der Waals surface area contributed by atoms with Gasteiger partial charge in [0.1, 0.15) is 5.82 Å². The number of alkyl halides is 3. The molecule has 182 valence electrons. The van der Waals surface area contributed by atoms with Crippen LogP contribution in [0.15, 0.2) is 23.3 Å². The fourth-order valence-electron chi connectivity index (χ4n) is 4.02.